The number of rotatable bonds is 3. The molecule has 0 aromatic carbocycles. The summed E-state index contributed by atoms with van der Waals surface area (Å²) in [6.45, 7) is -1.51. The first-order valence-electron chi connectivity index (χ1n) is 5.12. The Hall–Kier alpha value is -2.00. The molecule has 0 aliphatic carbocycles. The zero-order valence-electron chi connectivity index (χ0n) is 10.1. The van der Waals surface area contributed by atoms with Gasteiger partial charge in [-0.1, -0.05) is 0 Å². The van der Waals surface area contributed by atoms with E-state index in [2.05, 4.69) is 4.98 Å². The van der Waals surface area contributed by atoms with E-state index in [0.29, 0.717) is 11.0 Å². The van der Waals surface area contributed by atoms with Gasteiger partial charge in [0, 0.05) is 7.05 Å². The van der Waals surface area contributed by atoms with Gasteiger partial charge in [0.05, 0.1) is 5.56 Å². The first-order valence-corrected chi connectivity index (χ1v) is 5.12. The maximum atomic E-state index is 12.5. The summed E-state index contributed by atoms with van der Waals surface area (Å²) in [5, 5.41) is 7.18. The van der Waals surface area contributed by atoms with E-state index in [1.807, 2.05) is 0 Å². The first kappa shape index (κ1) is 16.1. The Morgan fingerprint density at radius 2 is 1.80 bits per heavy atom. The molecule has 0 atom stereocenters. The minimum absolute atomic E-state index is 0.301. The number of nitrogen functional groups attached to an aromatic ring is 1. The van der Waals surface area contributed by atoms with E-state index in [-0.39, 0.29) is 5.56 Å². The summed E-state index contributed by atoms with van der Waals surface area (Å²) in [5.74, 6) is -1.32. The number of hydrogen-bond acceptors (Lipinski definition) is 3. The van der Waals surface area contributed by atoms with Crippen LogP contribution in [0.1, 0.15) is 11.3 Å². The summed E-state index contributed by atoms with van der Waals surface area (Å²) < 4.78 is 74.4. The van der Waals surface area contributed by atoms with Crippen molar-refractivity contribution < 1.29 is 26.3 Å². The lowest BCUT2D eigenvalue weighted by Crippen LogP contribution is -2.33. The summed E-state index contributed by atoms with van der Waals surface area (Å²) in [7, 11) is 0.919. The Morgan fingerprint density at radius 3 is 2.20 bits per heavy atom. The molecule has 112 valence electrons. The molecule has 0 bridgehead atoms. The molecule has 0 aliphatic heterocycles. The van der Waals surface area contributed by atoms with E-state index in [4.69, 9.17) is 11.1 Å². The summed E-state index contributed by atoms with van der Waals surface area (Å²) in [6, 6.07) is 1.38. The molecular weight excluding hydrogens is 290 g/mol. The van der Waals surface area contributed by atoms with Gasteiger partial charge in [-0.25, -0.2) is 4.98 Å². The van der Waals surface area contributed by atoms with Crippen LogP contribution in [-0.4, -0.2) is 30.6 Å². The second-order valence-electron chi connectivity index (χ2n) is 3.95. The lowest BCUT2D eigenvalue weighted by Gasteiger charge is -2.23. The zero-order valence-corrected chi connectivity index (χ0v) is 10.1. The van der Waals surface area contributed by atoms with E-state index in [0.717, 1.165) is 13.1 Å². The Balaban J connectivity index is 3.29. The highest BCUT2D eigenvalue weighted by atomic mass is 19.4. The van der Waals surface area contributed by atoms with Gasteiger partial charge in [0.1, 0.15) is 23.9 Å². The average molecular weight is 300 g/mol. The molecule has 4 nitrogen and oxygen atoms in total. The smallest absolute Gasteiger partial charge is 0.384 e. The molecule has 0 aliphatic rings. The third-order valence-corrected chi connectivity index (χ3v) is 2.23. The summed E-state index contributed by atoms with van der Waals surface area (Å²) in [4.78, 5) is 3.59. The summed E-state index contributed by atoms with van der Waals surface area (Å²) >= 11 is 0. The Morgan fingerprint density at radius 1 is 1.25 bits per heavy atom. The monoisotopic (exact) mass is 300 g/mol. The van der Waals surface area contributed by atoms with Crippen molar-refractivity contribution in [2.24, 2.45) is 5.73 Å². The van der Waals surface area contributed by atoms with Crippen molar-refractivity contribution >= 4 is 11.7 Å². The third kappa shape index (κ3) is 4.00. The normalized spacial score (nSPS) is 12.3. The lowest BCUT2D eigenvalue weighted by atomic mass is 10.2. The molecule has 0 saturated carbocycles. The van der Waals surface area contributed by atoms with Crippen LogP contribution in [0.25, 0.3) is 0 Å². The fourth-order valence-electron chi connectivity index (χ4n) is 1.45. The fourth-order valence-corrected chi connectivity index (χ4v) is 1.45. The van der Waals surface area contributed by atoms with E-state index >= 15 is 0 Å². The van der Waals surface area contributed by atoms with Crippen LogP contribution in [0.15, 0.2) is 12.1 Å². The van der Waals surface area contributed by atoms with Crippen molar-refractivity contribution in [2.45, 2.75) is 12.4 Å². The summed E-state index contributed by atoms with van der Waals surface area (Å²) in [5.41, 5.74) is 3.47. The molecule has 20 heavy (non-hydrogen) atoms. The maximum Gasteiger partial charge on any atom is 0.433 e. The Kier molecular flexibility index (Phi) is 4.15. The van der Waals surface area contributed by atoms with Gasteiger partial charge in [0.25, 0.3) is 0 Å². The van der Waals surface area contributed by atoms with Crippen LogP contribution < -0.4 is 10.6 Å². The van der Waals surface area contributed by atoms with Crippen LogP contribution in [-0.2, 0) is 6.18 Å². The number of nitrogens with zero attached hydrogens (tertiary/aromatic N) is 2. The van der Waals surface area contributed by atoms with E-state index < -0.39 is 36.2 Å². The number of anilines is 1. The number of alkyl halides is 6. The third-order valence-electron chi connectivity index (χ3n) is 2.23. The van der Waals surface area contributed by atoms with Crippen LogP contribution in [0.2, 0.25) is 0 Å². The number of nitrogens with one attached hydrogen (secondary N) is 1. The number of aromatic nitrogens is 1. The molecule has 0 fully saturated rings. The number of nitrogens with two attached hydrogens (primary N) is 1. The second-order valence-corrected chi connectivity index (χ2v) is 3.95. The van der Waals surface area contributed by atoms with Gasteiger partial charge in [0.2, 0.25) is 0 Å². The molecule has 0 amide bonds. The predicted molar refractivity (Wildman–Crippen MR) is 59.6 cm³/mol. The molecule has 1 aromatic heterocycles. The number of pyridine rings is 1. The quantitative estimate of drug-likeness (QED) is 0.512. The molecule has 0 saturated heterocycles. The van der Waals surface area contributed by atoms with Crippen LogP contribution >= 0.6 is 0 Å². The molecule has 3 N–H and O–H groups in total. The molecular formula is C10H10F6N4. The van der Waals surface area contributed by atoms with Crippen molar-refractivity contribution in [1.29, 1.82) is 5.41 Å². The molecule has 0 radical (unpaired) electrons. The number of amidine groups is 1. The lowest BCUT2D eigenvalue weighted by molar-refractivity contribution is -0.141. The van der Waals surface area contributed by atoms with E-state index in [1.54, 1.807) is 0 Å². The van der Waals surface area contributed by atoms with Crippen molar-refractivity contribution in [3.63, 3.8) is 0 Å². The highest BCUT2D eigenvalue weighted by molar-refractivity contribution is 5.99. The highest BCUT2D eigenvalue weighted by Gasteiger charge is 2.35. The van der Waals surface area contributed by atoms with Crippen LogP contribution in [0.5, 0.6) is 0 Å². The highest BCUT2D eigenvalue weighted by Crippen LogP contribution is 2.31. The van der Waals surface area contributed by atoms with Crippen LogP contribution in [0, 0.1) is 5.41 Å². The largest absolute Gasteiger partial charge is 0.433 e. The molecule has 1 aromatic rings. The van der Waals surface area contributed by atoms with Crippen molar-refractivity contribution in [1.82, 2.24) is 4.98 Å². The predicted octanol–water partition coefficient (Wildman–Crippen LogP) is 2.38. The Bertz CT molecular complexity index is 507. The van der Waals surface area contributed by atoms with Crippen molar-refractivity contribution in [3.05, 3.63) is 23.4 Å². The first-order chi connectivity index (χ1) is 8.92. The zero-order chi connectivity index (χ0) is 15.7. The minimum atomic E-state index is -4.80. The van der Waals surface area contributed by atoms with Crippen molar-refractivity contribution in [3.8, 4) is 0 Å². The fraction of sp³-hybridized carbons (Fsp3) is 0.400. The van der Waals surface area contributed by atoms with Gasteiger partial charge in [-0.15, -0.1) is 0 Å². The average Bonchev–Trinajstić information content (AvgIpc) is 2.24. The molecule has 10 heteroatoms. The number of halogens is 6. The number of hydrogen-bond donors (Lipinski definition) is 2. The molecule has 1 heterocycles. The Labute approximate surface area is 109 Å². The van der Waals surface area contributed by atoms with Gasteiger partial charge in [-0.3, -0.25) is 5.41 Å². The second kappa shape index (κ2) is 5.17. The molecule has 0 unspecified atom stereocenters. The molecule has 0 spiro atoms. The maximum absolute atomic E-state index is 12.5. The summed E-state index contributed by atoms with van der Waals surface area (Å²) in [6.07, 6.45) is -9.43. The van der Waals surface area contributed by atoms with Gasteiger partial charge in [0.15, 0.2) is 0 Å². The van der Waals surface area contributed by atoms with Gasteiger partial charge < -0.3 is 10.6 Å². The standard InChI is InChI=1S/C10H10F6N4/c1-20(4-9(11,12)13)8-5(7(17)18)2-3-6(19-8)10(14,15)16/h2-3H,4H2,1H3,(H3,17,18). The minimum Gasteiger partial charge on any atom is -0.384 e. The SMILES string of the molecule is CN(CC(F)(F)F)c1nc(C(F)(F)F)ccc1C(=N)N. The van der Waals surface area contributed by atoms with Crippen LogP contribution in [0.4, 0.5) is 32.2 Å². The molecule has 1 rings (SSSR count). The van der Waals surface area contributed by atoms with Gasteiger partial charge >= 0.3 is 12.4 Å². The van der Waals surface area contributed by atoms with Gasteiger partial charge in [-0.05, 0) is 12.1 Å². The van der Waals surface area contributed by atoms with E-state index in [1.165, 1.54) is 0 Å². The van der Waals surface area contributed by atoms with Crippen molar-refractivity contribution in [2.75, 3.05) is 18.5 Å². The van der Waals surface area contributed by atoms with Gasteiger partial charge in [-0.2, -0.15) is 26.3 Å². The van der Waals surface area contributed by atoms with E-state index in [9.17, 15) is 26.3 Å². The topological polar surface area (TPSA) is 66.0 Å². The van der Waals surface area contributed by atoms with Crippen LogP contribution in [0.3, 0.4) is 0 Å².